The largest absolute Gasteiger partial charge is 0.493 e. The summed E-state index contributed by atoms with van der Waals surface area (Å²) in [4.78, 5) is 13.9. The monoisotopic (exact) mass is 652 g/mol. The number of ether oxygens (including phenoxy) is 3. The molecule has 248 valence electrons. The minimum Gasteiger partial charge on any atom is -0.493 e. The number of hydrogen-bond donors (Lipinski definition) is 4. The van der Waals surface area contributed by atoms with E-state index in [1.165, 1.54) is 18.1 Å². The Kier molecular flexibility index (Phi) is 11.1. The standard InChI is InChI=1S/C36H45ClN2O7/c1-4-44-33-19-34(30(37)18-24(33)20-38-36(3,22-40)35(42)43)46-32-13-12-28-27(9-5-10-29(28)32)26-8-6-11-31(23(26)2)45-17-7-15-39-16-14-25(41)21-39/h5-6,8-11,18-19,25,32,38,40-41H,4,7,12-17,20-22H2,1-3H3,(H,42,43)/t25-,32+,36-/m1/s1. The van der Waals surface area contributed by atoms with E-state index in [4.69, 9.17) is 25.8 Å². The van der Waals surface area contributed by atoms with Crippen LogP contribution in [-0.2, 0) is 17.8 Å². The lowest BCUT2D eigenvalue weighted by Gasteiger charge is -2.25. The topological polar surface area (TPSA) is 121 Å². The van der Waals surface area contributed by atoms with E-state index in [0.717, 1.165) is 67.8 Å². The van der Waals surface area contributed by atoms with Crippen molar-refractivity contribution in [3.8, 4) is 28.4 Å². The molecule has 1 saturated heterocycles. The van der Waals surface area contributed by atoms with E-state index in [1.54, 1.807) is 12.1 Å². The van der Waals surface area contributed by atoms with Crippen molar-refractivity contribution in [2.24, 2.45) is 0 Å². The van der Waals surface area contributed by atoms with Crippen molar-refractivity contribution in [2.75, 3.05) is 39.5 Å². The van der Waals surface area contributed by atoms with Gasteiger partial charge < -0.3 is 34.4 Å². The fourth-order valence-corrected chi connectivity index (χ4v) is 6.51. The summed E-state index contributed by atoms with van der Waals surface area (Å²) in [5.74, 6) is 0.769. The van der Waals surface area contributed by atoms with Crippen LogP contribution in [0.25, 0.3) is 11.1 Å². The first kappa shape index (κ1) is 34.0. The summed E-state index contributed by atoms with van der Waals surface area (Å²) >= 11 is 6.71. The van der Waals surface area contributed by atoms with Gasteiger partial charge in [-0.25, -0.2) is 0 Å². The van der Waals surface area contributed by atoms with E-state index in [0.29, 0.717) is 35.3 Å². The molecule has 1 fully saturated rings. The van der Waals surface area contributed by atoms with E-state index >= 15 is 0 Å². The van der Waals surface area contributed by atoms with E-state index in [2.05, 4.69) is 41.4 Å². The summed E-state index contributed by atoms with van der Waals surface area (Å²) in [5, 5.41) is 32.2. The van der Waals surface area contributed by atoms with Crippen LogP contribution in [0.1, 0.15) is 61.5 Å². The zero-order chi connectivity index (χ0) is 32.8. The second kappa shape index (κ2) is 15.0. The Morgan fingerprint density at radius 1 is 1.09 bits per heavy atom. The van der Waals surface area contributed by atoms with Gasteiger partial charge in [0.2, 0.25) is 0 Å². The zero-order valence-corrected chi connectivity index (χ0v) is 27.6. The second-order valence-corrected chi connectivity index (χ2v) is 12.8. The molecular formula is C36H45ClN2O7. The van der Waals surface area contributed by atoms with E-state index < -0.39 is 18.1 Å². The van der Waals surface area contributed by atoms with Crippen LogP contribution in [0.4, 0.5) is 0 Å². The predicted molar refractivity (Wildman–Crippen MR) is 178 cm³/mol. The number of carbonyl (C=O) groups is 1. The Bertz CT molecular complexity index is 1530. The Morgan fingerprint density at radius 3 is 2.59 bits per heavy atom. The first-order valence-corrected chi connectivity index (χ1v) is 16.5. The molecule has 9 nitrogen and oxygen atoms in total. The summed E-state index contributed by atoms with van der Waals surface area (Å²) in [6.07, 6.45) is 3.01. The number of fused-ring (bicyclic) bond motifs is 1. The van der Waals surface area contributed by atoms with Crippen LogP contribution >= 0.6 is 11.6 Å². The molecule has 0 aromatic heterocycles. The molecule has 3 atom stereocenters. The van der Waals surface area contributed by atoms with Gasteiger partial charge in [0.15, 0.2) is 0 Å². The number of rotatable bonds is 15. The van der Waals surface area contributed by atoms with Crippen LogP contribution in [0.2, 0.25) is 5.02 Å². The third-order valence-corrected chi connectivity index (χ3v) is 9.35. The lowest BCUT2D eigenvalue weighted by atomic mass is 9.93. The molecule has 0 saturated carbocycles. The number of benzene rings is 3. The number of carboxylic acids is 1. The van der Waals surface area contributed by atoms with Crippen LogP contribution < -0.4 is 19.5 Å². The van der Waals surface area contributed by atoms with Crippen molar-refractivity contribution in [1.29, 1.82) is 0 Å². The maximum atomic E-state index is 11.6. The number of hydrogen-bond acceptors (Lipinski definition) is 8. The molecule has 3 aromatic rings. The smallest absolute Gasteiger partial charge is 0.326 e. The lowest BCUT2D eigenvalue weighted by molar-refractivity contribution is -0.145. The van der Waals surface area contributed by atoms with Gasteiger partial charge in [-0.3, -0.25) is 10.1 Å². The van der Waals surface area contributed by atoms with Crippen LogP contribution in [0.3, 0.4) is 0 Å². The SMILES string of the molecule is CCOc1cc(O[C@H]2CCc3c(-c4cccc(OCCCN5CC[C@@H](O)C5)c4C)cccc32)c(Cl)cc1CN[C@](C)(CO)C(=O)O. The van der Waals surface area contributed by atoms with Gasteiger partial charge in [0.1, 0.15) is 28.9 Å². The predicted octanol–water partition coefficient (Wildman–Crippen LogP) is 5.54. The fourth-order valence-electron chi connectivity index (χ4n) is 6.28. The highest BCUT2D eigenvalue weighted by molar-refractivity contribution is 6.32. The van der Waals surface area contributed by atoms with Gasteiger partial charge in [-0.15, -0.1) is 0 Å². The fraction of sp³-hybridized carbons (Fsp3) is 0.472. The summed E-state index contributed by atoms with van der Waals surface area (Å²) in [6.45, 7) is 8.63. The maximum Gasteiger partial charge on any atom is 0.326 e. The van der Waals surface area contributed by atoms with Gasteiger partial charge in [-0.1, -0.05) is 41.9 Å². The molecule has 10 heteroatoms. The quantitative estimate of drug-likeness (QED) is 0.157. The van der Waals surface area contributed by atoms with E-state index in [-0.39, 0.29) is 18.8 Å². The number of aliphatic hydroxyl groups is 2. The maximum absolute atomic E-state index is 11.6. The number of aliphatic hydroxyl groups excluding tert-OH is 2. The number of nitrogens with zero attached hydrogens (tertiary/aromatic N) is 1. The Morgan fingerprint density at radius 2 is 1.87 bits per heavy atom. The molecule has 0 amide bonds. The van der Waals surface area contributed by atoms with E-state index in [9.17, 15) is 20.1 Å². The van der Waals surface area contributed by atoms with Gasteiger partial charge in [0, 0.05) is 37.8 Å². The van der Waals surface area contributed by atoms with E-state index in [1.807, 2.05) is 19.1 Å². The molecule has 0 spiro atoms. The molecule has 3 aromatic carbocycles. The van der Waals surface area contributed by atoms with Crippen molar-refractivity contribution in [2.45, 2.75) is 70.7 Å². The molecule has 0 bridgehead atoms. The Hall–Kier alpha value is -3.34. The number of carboxylic acid groups (broad SMARTS) is 1. The summed E-state index contributed by atoms with van der Waals surface area (Å²) < 4.78 is 18.6. The van der Waals surface area contributed by atoms with Crippen molar-refractivity contribution in [3.63, 3.8) is 0 Å². The molecular weight excluding hydrogens is 608 g/mol. The highest BCUT2D eigenvalue weighted by Gasteiger charge is 2.32. The average molecular weight is 653 g/mol. The van der Waals surface area contributed by atoms with Gasteiger partial charge >= 0.3 is 5.97 Å². The summed E-state index contributed by atoms with van der Waals surface area (Å²) in [6, 6.07) is 16.0. The Labute approximate surface area is 276 Å². The molecule has 0 unspecified atom stereocenters. The molecule has 1 aliphatic carbocycles. The first-order chi connectivity index (χ1) is 22.1. The first-order valence-electron chi connectivity index (χ1n) is 16.1. The highest BCUT2D eigenvalue weighted by atomic mass is 35.5. The lowest BCUT2D eigenvalue weighted by Crippen LogP contribution is -2.52. The van der Waals surface area contributed by atoms with Crippen molar-refractivity contribution in [3.05, 3.63) is 75.8 Å². The van der Waals surface area contributed by atoms with Crippen LogP contribution in [0.5, 0.6) is 17.2 Å². The number of aliphatic carboxylic acids is 1. The average Bonchev–Trinajstić information content (AvgIpc) is 3.66. The summed E-state index contributed by atoms with van der Waals surface area (Å²) in [7, 11) is 0. The van der Waals surface area contributed by atoms with Crippen molar-refractivity contribution >= 4 is 17.6 Å². The Balaban J connectivity index is 1.30. The highest BCUT2D eigenvalue weighted by Crippen LogP contribution is 2.44. The number of likely N-dealkylation sites (tertiary alicyclic amines) is 1. The normalized spacial score (nSPS) is 19.1. The molecule has 46 heavy (non-hydrogen) atoms. The van der Waals surface area contributed by atoms with Gasteiger partial charge in [-0.2, -0.15) is 0 Å². The van der Waals surface area contributed by atoms with Crippen LogP contribution in [0.15, 0.2) is 48.5 Å². The second-order valence-electron chi connectivity index (χ2n) is 12.4. The van der Waals surface area contributed by atoms with Gasteiger partial charge in [0.25, 0.3) is 0 Å². The summed E-state index contributed by atoms with van der Waals surface area (Å²) in [5.41, 5.74) is 4.95. The number of nitrogens with one attached hydrogen (secondary N) is 1. The van der Waals surface area contributed by atoms with Crippen molar-refractivity contribution in [1.82, 2.24) is 10.2 Å². The zero-order valence-electron chi connectivity index (χ0n) is 26.9. The van der Waals surface area contributed by atoms with Gasteiger partial charge in [0.05, 0.1) is 30.9 Å². The van der Waals surface area contributed by atoms with Gasteiger partial charge in [-0.05, 0) is 86.4 Å². The number of β-amino-alcohol motifs (C(OH)–C–C–N with tert-alkyl or cyclic N) is 1. The minimum absolute atomic E-state index is 0.138. The molecule has 0 radical (unpaired) electrons. The van der Waals surface area contributed by atoms with Crippen LogP contribution in [-0.4, -0.2) is 77.3 Å². The molecule has 2 aliphatic rings. The third kappa shape index (κ3) is 7.61. The molecule has 1 heterocycles. The minimum atomic E-state index is -1.50. The number of halogens is 1. The van der Waals surface area contributed by atoms with Crippen LogP contribution in [0, 0.1) is 6.92 Å². The molecule has 1 aliphatic heterocycles. The molecule has 5 rings (SSSR count). The third-order valence-electron chi connectivity index (χ3n) is 9.06. The van der Waals surface area contributed by atoms with Crippen molar-refractivity contribution < 1.29 is 34.3 Å². The molecule has 4 N–H and O–H groups in total.